The van der Waals surface area contributed by atoms with Crippen LogP contribution >= 0.6 is 0 Å². The number of amides is 1. The number of carbonyl (C=O) groups is 2. The summed E-state index contributed by atoms with van der Waals surface area (Å²) in [6.45, 7) is 1.99. The van der Waals surface area contributed by atoms with Gasteiger partial charge >= 0.3 is 5.97 Å². The van der Waals surface area contributed by atoms with Crippen molar-refractivity contribution < 1.29 is 27.2 Å². The summed E-state index contributed by atoms with van der Waals surface area (Å²) in [4.78, 5) is 23.3. The predicted molar refractivity (Wildman–Crippen MR) is 75.8 cm³/mol. The van der Waals surface area contributed by atoms with E-state index < -0.39 is 27.1 Å². The standard InChI is InChI=1S/C13H18N2O6S/c1-8-9(13(17)20-2)7-11(21-8)22(18,19)15-10-5-3-4-6-14-12(10)16/h7,10,15H,3-6H2,1-2H3,(H,14,16). The Balaban J connectivity index is 2.23. The maximum absolute atomic E-state index is 12.3. The van der Waals surface area contributed by atoms with Crippen molar-refractivity contribution in [1.29, 1.82) is 0 Å². The zero-order valence-corrected chi connectivity index (χ0v) is 13.2. The van der Waals surface area contributed by atoms with E-state index in [0.29, 0.717) is 13.0 Å². The van der Waals surface area contributed by atoms with Crippen molar-refractivity contribution in [3.05, 3.63) is 17.4 Å². The second-order valence-corrected chi connectivity index (χ2v) is 6.63. The van der Waals surface area contributed by atoms with Crippen LogP contribution in [-0.4, -0.2) is 40.0 Å². The quantitative estimate of drug-likeness (QED) is 0.769. The molecular formula is C13H18N2O6S. The van der Waals surface area contributed by atoms with Crippen LogP contribution in [0, 0.1) is 6.92 Å². The topological polar surface area (TPSA) is 115 Å². The zero-order chi connectivity index (χ0) is 16.3. The van der Waals surface area contributed by atoms with Gasteiger partial charge in [0.25, 0.3) is 10.0 Å². The number of aryl methyl sites for hydroxylation is 1. The van der Waals surface area contributed by atoms with Crippen LogP contribution in [0.1, 0.15) is 35.4 Å². The first-order valence-corrected chi connectivity index (χ1v) is 8.32. The molecule has 1 unspecified atom stereocenters. The van der Waals surface area contributed by atoms with Gasteiger partial charge in [0, 0.05) is 12.6 Å². The number of esters is 1. The Labute approximate surface area is 128 Å². The molecule has 2 N–H and O–H groups in total. The SMILES string of the molecule is COC(=O)c1cc(S(=O)(=O)NC2CCCCNC2=O)oc1C. The molecule has 1 atom stereocenters. The predicted octanol–water partition coefficient (Wildman–Crippen LogP) is 0.322. The minimum atomic E-state index is -4.04. The first-order chi connectivity index (χ1) is 10.3. The molecule has 8 nitrogen and oxygen atoms in total. The van der Waals surface area contributed by atoms with Crippen LogP contribution in [0.25, 0.3) is 0 Å². The van der Waals surface area contributed by atoms with Crippen molar-refractivity contribution in [1.82, 2.24) is 10.0 Å². The normalized spacial score (nSPS) is 19.4. The number of rotatable bonds is 4. The lowest BCUT2D eigenvalue weighted by Gasteiger charge is -2.13. The van der Waals surface area contributed by atoms with Crippen molar-refractivity contribution in [2.45, 2.75) is 37.3 Å². The van der Waals surface area contributed by atoms with Crippen LogP contribution in [0.3, 0.4) is 0 Å². The minimum absolute atomic E-state index is 0.0354. The zero-order valence-electron chi connectivity index (χ0n) is 12.3. The molecule has 0 bridgehead atoms. The van der Waals surface area contributed by atoms with E-state index in [1.54, 1.807) is 0 Å². The van der Waals surface area contributed by atoms with E-state index in [9.17, 15) is 18.0 Å². The molecule has 1 fully saturated rings. The van der Waals surface area contributed by atoms with Gasteiger partial charge in [0.2, 0.25) is 11.0 Å². The van der Waals surface area contributed by atoms with E-state index in [0.717, 1.165) is 18.9 Å². The summed E-state index contributed by atoms with van der Waals surface area (Å²) in [6, 6.07) is 0.248. The summed E-state index contributed by atoms with van der Waals surface area (Å²) >= 11 is 0. The second kappa shape index (κ2) is 6.49. The van der Waals surface area contributed by atoms with Gasteiger partial charge in [0.15, 0.2) is 0 Å². The molecule has 1 aliphatic rings. The number of methoxy groups -OCH3 is 1. The van der Waals surface area contributed by atoms with Gasteiger partial charge in [-0.25, -0.2) is 13.2 Å². The largest absolute Gasteiger partial charge is 0.465 e. The van der Waals surface area contributed by atoms with E-state index in [1.165, 1.54) is 14.0 Å². The van der Waals surface area contributed by atoms with E-state index in [2.05, 4.69) is 14.8 Å². The maximum Gasteiger partial charge on any atom is 0.341 e. The Morgan fingerprint density at radius 1 is 1.45 bits per heavy atom. The van der Waals surface area contributed by atoms with Crippen LogP contribution in [-0.2, 0) is 19.6 Å². The Bertz CT molecular complexity index is 679. The number of furan rings is 1. The van der Waals surface area contributed by atoms with Gasteiger partial charge in [-0.1, -0.05) is 0 Å². The highest BCUT2D eigenvalue weighted by molar-refractivity contribution is 7.89. The lowest BCUT2D eigenvalue weighted by atomic mass is 10.1. The van der Waals surface area contributed by atoms with E-state index in [-0.39, 0.29) is 17.2 Å². The number of nitrogens with one attached hydrogen (secondary N) is 2. The number of hydrogen-bond donors (Lipinski definition) is 2. The third-order valence-electron chi connectivity index (χ3n) is 3.40. The molecule has 2 rings (SSSR count). The monoisotopic (exact) mass is 330 g/mol. The lowest BCUT2D eigenvalue weighted by Crippen LogP contribution is -2.45. The van der Waals surface area contributed by atoms with Crippen LogP contribution in [0.15, 0.2) is 15.6 Å². The molecule has 2 heterocycles. The third kappa shape index (κ3) is 3.47. The fraction of sp³-hybridized carbons (Fsp3) is 0.538. The molecule has 0 aromatic carbocycles. The van der Waals surface area contributed by atoms with Crippen molar-refractivity contribution in [2.24, 2.45) is 0 Å². The van der Waals surface area contributed by atoms with Gasteiger partial charge in [-0.2, -0.15) is 4.72 Å². The van der Waals surface area contributed by atoms with Crippen LogP contribution < -0.4 is 10.0 Å². The molecule has 1 aliphatic heterocycles. The molecule has 0 spiro atoms. The summed E-state index contributed by atoms with van der Waals surface area (Å²) in [5.41, 5.74) is 0.0354. The Kier molecular flexibility index (Phi) is 4.87. The molecule has 1 saturated heterocycles. The Morgan fingerprint density at radius 3 is 2.86 bits per heavy atom. The van der Waals surface area contributed by atoms with Crippen LogP contribution in [0.2, 0.25) is 0 Å². The highest BCUT2D eigenvalue weighted by Crippen LogP contribution is 2.20. The number of hydrogen-bond acceptors (Lipinski definition) is 6. The van der Waals surface area contributed by atoms with E-state index >= 15 is 0 Å². The summed E-state index contributed by atoms with van der Waals surface area (Å²) in [5.74, 6) is -0.912. The average molecular weight is 330 g/mol. The summed E-state index contributed by atoms with van der Waals surface area (Å²) in [7, 11) is -2.85. The van der Waals surface area contributed by atoms with Gasteiger partial charge in [-0.15, -0.1) is 0 Å². The first-order valence-electron chi connectivity index (χ1n) is 6.84. The van der Waals surface area contributed by atoms with E-state index in [4.69, 9.17) is 4.42 Å². The molecule has 122 valence electrons. The number of sulfonamides is 1. The third-order valence-corrected chi connectivity index (χ3v) is 4.72. The Hall–Kier alpha value is -1.87. The highest BCUT2D eigenvalue weighted by Gasteiger charge is 2.30. The van der Waals surface area contributed by atoms with Gasteiger partial charge in [0.05, 0.1) is 7.11 Å². The number of carbonyl (C=O) groups excluding carboxylic acids is 2. The average Bonchev–Trinajstić information content (AvgIpc) is 2.76. The van der Waals surface area contributed by atoms with Crippen molar-refractivity contribution in [2.75, 3.05) is 13.7 Å². The molecule has 9 heteroatoms. The molecule has 0 aliphatic carbocycles. The summed E-state index contributed by atoms with van der Waals surface area (Å²) < 4.78 is 36.6. The summed E-state index contributed by atoms with van der Waals surface area (Å²) in [6.07, 6.45) is 1.95. The molecule has 1 amide bonds. The lowest BCUT2D eigenvalue weighted by molar-refractivity contribution is -0.122. The van der Waals surface area contributed by atoms with Gasteiger partial charge < -0.3 is 14.5 Å². The first kappa shape index (κ1) is 16.5. The fourth-order valence-corrected chi connectivity index (χ4v) is 3.42. The van der Waals surface area contributed by atoms with Gasteiger partial charge in [-0.05, 0) is 26.2 Å². The van der Waals surface area contributed by atoms with Crippen LogP contribution in [0.5, 0.6) is 0 Å². The molecule has 22 heavy (non-hydrogen) atoms. The van der Waals surface area contributed by atoms with E-state index in [1.807, 2.05) is 0 Å². The second-order valence-electron chi connectivity index (χ2n) is 4.99. The highest BCUT2D eigenvalue weighted by atomic mass is 32.2. The molecule has 0 radical (unpaired) electrons. The smallest absolute Gasteiger partial charge is 0.341 e. The molecule has 0 saturated carbocycles. The molecular weight excluding hydrogens is 312 g/mol. The molecule has 1 aromatic heterocycles. The summed E-state index contributed by atoms with van der Waals surface area (Å²) in [5, 5.41) is 2.23. The Morgan fingerprint density at radius 2 is 2.18 bits per heavy atom. The van der Waals surface area contributed by atoms with Gasteiger partial charge in [0.1, 0.15) is 17.4 Å². The van der Waals surface area contributed by atoms with Crippen LogP contribution in [0.4, 0.5) is 0 Å². The minimum Gasteiger partial charge on any atom is -0.465 e. The fourth-order valence-electron chi connectivity index (χ4n) is 2.20. The van der Waals surface area contributed by atoms with Crippen molar-refractivity contribution in [3.8, 4) is 0 Å². The molecule has 1 aromatic rings. The maximum atomic E-state index is 12.3. The van der Waals surface area contributed by atoms with Gasteiger partial charge in [-0.3, -0.25) is 4.79 Å². The van der Waals surface area contributed by atoms with Crippen molar-refractivity contribution >= 4 is 21.9 Å². The number of ether oxygens (including phenoxy) is 1. The van der Waals surface area contributed by atoms with Crippen molar-refractivity contribution in [3.63, 3.8) is 0 Å².